The van der Waals surface area contributed by atoms with E-state index in [1.165, 1.54) is 12.3 Å². The summed E-state index contributed by atoms with van der Waals surface area (Å²) in [5, 5.41) is -0.318. The molecule has 2 aliphatic rings. The first-order valence-corrected chi connectivity index (χ1v) is 8.56. The van der Waals surface area contributed by atoms with E-state index in [2.05, 4.69) is 27.7 Å². The van der Waals surface area contributed by atoms with Gasteiger partial charge >= 0.3 is 7.60 Å². The third-order valence-corrected chi connectivity index (χ3v) is 7.27. The molecule has 1 aliphatic heterocycles. The van der Waals surface area contributed by atoms with Crippen molar-refractivity contribution < 1.29 is 13.6 Å². The highest BCUT2D eigenvalue weighted by atomic mass is 31.2. The van der Waals surface area contributed by atoms with Crippen molar-refractivity contribution in [1.29, 1.82) is 0 Å². The molecule has 1 saturated carbocycles. The molecule has 1 radical (unpaired) electrons. The summed E-state index contributed by atoms with van der Waals surface area (Å²) in [7, 11) is -2.99. The summed E-state index contributed by atoms with van der Waals surface area (Å²) in [5.41, 5.74) is -0.0224. The molecule has 0 bridgehead atoms. The van der Waals surface area contributed by atoms with Gasteiger partial charge in [0, 0.05) is 5.41 Å². The zero-order valence-electron chi connectivity index (χ0n) is 12.1. The van der Waals surface area contributed by atoms with E-state index < -0.39 is 7.60 Å². The van der Waals surface area contributed by atoms with E-state index in [-0.39, 0.29) is 10.6 Å². The molecule has 0 amide bonds. The smallest absolute Gasteiger partial charge is 0.308 e. The van der Waals surface area contributed by atoms with E-state index in [9.17, 15) is 4.57 Å². The average Bonchev–Trinajstić information content (AvgIpc) is 2.34. The lowest BCUT2D eigenvalue weighted by molar-refractivity contribution is 0.0299. The Bertz CT molecular complexity index is 329. The van der Waals surface area contributed by atoms with Crippen molar-refractivity contribution in [2.24, 2.45) is 5.41 Å². The molecule has 0 aromatic heterocycles. The van der Waals surface area contributed by atoms with Crippen LogP contribution in [0.25, 0.3) is 0 Å². The van der Waals surface area contributed by atoms with E-state index in [4.69, 9.17) is 9.05 Å². The van der Waals surface area contributed by atoms with Crippen molar-refractivity contribution in [2.45, 2.75) is 65.0 Å². The molecule has 0 atom stereocenters. The Balaban J connectivity index is 2.23. The standard InChI is InChI=1S/C14H26O3P/c1-12(2)14(8-6-5-7-9-14)18(15)16-10-13(3,4)11-17-18/h5-11H2,1-4H3. The summed E-state index contributed by atoms with van der Waals surface area (Å²) in [6, 6.07) is 0. The van der Waals surface area contributed by atoms with Crippen LogP contribution < -0.4 is 0 Å². The normalized spacial score (nSPS) is 30.3. The second-order valence-corrected chi connectivity index (χ2v) is 9.17. The minimum Gasteiger partial charge on any atom is -0.308 e. The molecule has 1 heterocycles. The van der Waals surface area contributed by atoms with Crippen molar-refractivity contribution >= 4 is 7.60 Å². The first-order chi connectivity index (χ1) is 8.31. The van der Waals surface area contributed by atoms with Gasteiger partial charge in [0.2, 0.25) is 0 Å². The fourth-order valence-corrected chi connectivity index (χ4v) is 6.05. The summed E-state index contributed by atoms with van der Waals surface area (Å²) < 4.78 is 24.8. The maximum Gasteiger partial charge on any atom is 0.337 e. The van der Waals surface area contributed by atoms with Crippen LogP contribution in [0, 0.1) is 11.3 Å². The molecule has 1 aliphatic carbocycles. The molecular weight excluding hydrogens is 247 g/mol. The van der Waals surface area contributed by atoms with E-state index >= 15 is 0 Å². The monoisotopic (exact) mass is 273 g/mol. The Labute approximate surface area is 111 Å². The lowest BCUT2D eigenvalue weighted by Crippen LogP contribution is -2.42. The molecule has 1 saturated heterocycles. The maximum absolute atomic E-state index is 13.2. The Hall–Kier alpha value is 0.150. The van der Waals surface area contributed by atoms with Gasteiger partial charge in [0.1, 0.15) is 0 Å². The molecule has 18 heavy (non-hydrogen) atoms. The van der Waals surface area contributed by atoms with Crippen molar-refractivity contribution in [3.05, 3.63) is 5.92 Å². The van der Waals surface area contributed by atoms with Crippen LogP contribution in [0.5, 0.6) is 0 Å². The number of hydrogen-bond acceptors (Lipinski definition) is 3. The molecule has 0 aromatic carbocycles. The van der Waals surface area contributed by atoms with Crippen LogP contribution >= 0.6 is 7.60 Å². The second kappa shape index (κ2) is 4.92. The van der Waals surface area contributed by atoms with Crippen molar-refractivity contribution in [1.82, 2.24) is 0 Å². The first kappa shape index (κ1) is 14.6. The molecule has 2 fully saturated rings. The van der Waals surface area contributed by atoms with Gasteiger partial charge in [-0.25, -0.2) is 0 Å². The minimum absolute atomic E-state index is 0.0224. The van der Waals surface area contributed by atoms with Gasteiger partial charge in [-0.05, 0) is 18.8 Å². The van der Waals surface area contributed by atoms with Gasteiger partial charge < -0.3 is 9.05 Å². The number of rotatable bonds is 2. The van der Waals surface area contributed by atoms with Crippen LogP contribution in [0.2, 0.25) is 0 Å². The maximum atomic E-state index is 13.2. The predicted octanol–water partition coefficient (Wildman–Crippen LogP) is 4.57. The zero-order valence-corrected chi connectivity index (χ0v) is 13.0. The van der Waals surface area contributed by atoms with E-state index in [1.807, 2.05) is 0 Å². The summed E-state index contributed by atoms with van der Waals surface area (Å²) in [6.07, 6.45) is 5.40. The van der Waals surface area contributed by atoms with Gasteiger partial charge in [0.05, 0.1) is 18.4 Å². The fourth-order valence-electron chi connectivity index (χ4n) is 3.03. The van der Waals surface area contributed by atoms with Gasteiger partial charge in [-0.15, -0.1) is 0 Å². The summed E-state index contributed by atoms with van der Waals surface area (Å²) in [5.74, 6) is 1.21. The molecule has 0 spiro atoms. The van der Waals surface area contributed by atoms with Gasteiger partial charge in [-0.1, -0.05) is 47.0 Å². The summed E-state index contributed by atoms with van der Waals surface area (Å²) in [4.78, 5) is 0. The van der Waals surface area contributed by atoms with Crippen molar-refractivity contribution in [3.63, 3.8) is 0 Å². The zero-order chi connectivity index (χ0) is 13.4. The summed E-state index contributed by atoms with van der Waals surface area (Å²) >= 11 is 0. The van der Waals surface area contributed by atoms with Gasteiger partial charge in [0.15, 0.2) is 0 Å². The van der Waals surface area contributed by atoms with Crippen LogP contribution in [0.15, 0.2) is 0 Å². The van der Waals surface area contributed by atoms with Crippen LogP contribution in [0.3, 0.4) is 0 Å². The molecule has 0 aromatic rings. The van der Waals surface area contributed by atoms with E-state index in [1.54, 1.807) is 0 Å². The molecule has 2 rings (SSSR count). The third-order valence-electron chi connectivity index (χ3n) is 4.39. The van der Waals surface area contributed by atoms with E-state index in [0.29, 0.717) is 13.2 Å². The largest absolute Gasteiger partial charge is 0.337 e. The summed E-state index contributed by atoms with van der Waals surface area (Å²) in [6.45, 7) is 9.42. The molecule has 0 N–H and O–H groups in total. The molecule has 4 heteroatoms. The van der Waals surface area contributed by atoms with Crippen molar-refractivity contribution in [3.8, 4) is 0 Å². The van der Waals surface area contributed by atoms with Crippen molar-refractivity contribution in [2.75, 3.05) is 13.2 Å². The Morgan fingerprint density at radius 1 is 1.00 bits per heavy atom. The Morgan fingerprint density at radius 2 is 1.50 bits per heavy atom. The van der Waals surface area contributed by atoms with Crippen LogP contribution in [0.1, 0.15) is 59.8 Å². The lowest BCUT2D eigenvalue weighted by Gasteiger charge is -2.48. The lowest BCUT2D eigenvalue weighted by atomic mass is 9.81. The highest BCUT2D eigenvalue weighted by Gasteiger charge is 2.55. The molecular formula is C14H26O3P. The number of hydrogen-bond donors (Lipinski definition) is 0. The quantitative estimate of drug-likeness (QED) is 0.691. The second-order valence-electron chi connectivity index (χ2n) is 6.80. The molecule has 3 nitrogen and oxygen atoms in total. The highest BCUT2D eigenvalue weighted by molar-refractivity contribution is 7.56. The minimum atomic E-state index is -2.99. The van der Waals surface area contributed by atoms with Crippen LogP contribution in [-0.2, 0) is 13.6 Å². The fraction of sp³-hybridized carbons (Fsp3) is 0.929. The molecule has 0 unspecified atom stereocenters. The van der Waals surface area contributed by atoms with Gasteiger partial charge in [0.25, 0.3) is 0 Å². The Morgan fingerprint density at radius 3 is 1.94 bits per heavy atom. The van der Waals surface area contributed by atoms with Crippen LogP contribution in [-0.4, -0.2) is 18.4 Å². The van der Waals surface area contributed by atoms with Gasteiger partial charge in [-0.2, -0.15) is 0 Å². The van der Waals surface area contributed by atoms with Crippen LogP contribution in [0.4, 0.5) is 0 Å². The average molecular weight is 273 g/mol. The third kappa shape index (κ3) is 2.42. The molecule has 105 valence electrons. The first-order valence-electron chi connectivity index (χ1n) is 7.01. The van der Waals surface area contributed by atoms with Gasteiger partial charge in [-0.3, -0.25) is 4.57 Å². The predicted molar refractivity (Wildman–Crippen MR) is 73.7 cm³/mol. The Kier molecular flexibility index (Phi) is 3.98. The highest BCUT2D eigenvalue weighted by Crippen LogP contribution is 2.70. The topological polar surface area (TPSA) is 35.5 Å². The van der Waals surface area contributed by atoms with E-state index in [0.717, 1.165) is 25.7 Å². The SMILES string of the molecule is C[C](C)C1(P2(=O)OCC(C)(C)CO2)CCCCC1.